The van der Waals surface area contributed by atoms with Gasteiger partial charge in [-0.3, -0.25) is 14.5 Å². The van der Waals surface area contributed by atoms with E-state index in [1.54, 1.807) is 0 Å². The van der Waals surface area contributed by atoms with Crippen LogP contribution in [0.2, 0.25) is 0 Å². The third-order valence-corrected chi connectivity index (χ3v) is 4.15. The second-order valence-electron chi connectivity index (χ2n) is 5.55. The van der Waals surface area contributed by atoms with Gasteiger partial charge in [0.15, 0.2) is 0 Å². The number of rotatable bonds is 7. The quantitative estimate of drug-likeness (QED) is 0.623. The van der Waals surface area contributed by atoms with Crippen LogP contribution in [0.15, 0.2) is 0 Å². The molecule has 0 aromatic rings. The number of hydrogen-bond donors (Lipinski definition) is 3. The highest BCUT2D eigenvalue weighted by Gasteiger charge is 2.34. The topological polar surface area (TPSA) is 73.5 Å². The molecular weight excluding hydrogens is 268 g/mol. The van der Waals surface area contributed by atoms with Crippen molar-refractivity contribution in [3.05, 3.63) is 0 Å². The van der Waals surface area contributed by atoms with Gasteiger partial charge in [0.25, 0.3) is 0 Å². The van der Waals surface area contributed by atoms with E-state index in [0.717, 1.165) is 19.4 Å². The number of nitrogens with one attached hydrogen (secondary N) is 3. The first-order chi connectivity index (χ1) is 10.0. The summed E-state index contributed by atoms with van der Waals surface area (Å²) in [5, 5.41) is 9.15. The number of nitrogens with zero attached hydrogens (tertiary/aromatic N) is 1. The molecule has 1 rings (SSSR count). The lowest BCUT2D eigenvalue weighted by Gasteiger charge is -2.38. The summed E-state index contributed by atoms with van der Waals surface area (Å²) in [6, 6.07) is -0.354. The fourth-order valence-corrected chi connectivity index (χ4v) is 2.68. The molecule has 122 valence electrons. The van der Waals surface area contributed by atoms with E-state index in [1.807, 2.05) is 18.7 Å². The van der Waals surface area contributed by atoms with E-state index in [9.17, 15) is 9.59 Å². The SMILES string of the molecule is CCNC(=O)C1CNCCN1C(C)C(=O)NC(CC)CC. The van der Waals surface area contributed by atoms with Crippen molar-refractivity contribution < 1.29 is 9.59 Å². The summed E-state index contributed by atoms with van der Waals surface area (Å²) in [6.07, 6.45) is 1.85. The summed E-state index contributed by atoms with van der Waals surface area (Å²) in [4.78, 5) is 26.5. The lowest BCUT2D eigenvalue weighted by atomic mass is 10.1. The molecule has 2 atom stereocenters. The highest BCUT2D eigenvalue weighted by molar-refractivity contribution is 5.85. The molecule has 0 aromatic heterocycles. The Labute approximate surface area is 128 Å². The Kier molecular flexibility index (Phi) is 7.67. The summed E-state index contributed by atoms with van der Waals surface area (Å²) >= 11 is 0. The lowest BCUT2D eigenvalue weighted by Crippen LogP contribution is -2.63. The van der Waals surface area contributed by atoms with E-state index < -0.39 is 0 Å². The Morgan fingerprint density at radius 1 is 1.29 bits per heavy atom. The van der Waals surface area contributed by atoms with Gasteiger partial charge in [-0.2, -0.15) is 0 Å². The van der Waals surface area contributed by atoms with Gasteiger partial charge in [0.05, 0.1) is 6.04 Å². The zero-order valence-corrected chi connectivity index (χ0v) is 13.7. The van der Waals surface area contributed by atoms with Gasteiger partial charge in [0.2, 0.25) is 11.8 Å². The van der Waals surface area contributed by atoms with E-state index in [4.69, 9.17) is 0 Å². The van der Waals surface area contributed by atoms with Crippen LogP contribution in [-0.2, 0) is 9.59 Å². The molecule has 2 unspecified atom stereocenters. The second-order valence-corrected chi connectivity index (χ2v) is 5.55. The highest BCUT2D eigenvalue weighted by Crippen LogP contribution is 2.10. The molecule has 21 heavy (non-hydrogen) atoms. The van der Waals surface area contributed by atoms with Gasteiger partial charge in [-0.25, -0.2) is 0 Å². The number of likely N-dealkylation sites (N-methyl/N-ethyl adjacent to an activating group) is 1. The van der Waals surface area contributed by atoms with Crippen LogP contribution in [0.25, 0.3) is 0 Å². The first kappa shape index (κ1) is 17.9. The van der Waals surface area contributed by atoms with Gasteiger partial charge < -0.3 is 16.0 Å². The predicted octanol–water partition coefficient (Wildman–Crippen LogP) is 0.0896. The van der Waals surface area contributed by atoms with Crippen molar-refractivity contribution in [2.24, 2.45) is 0 Å². The molecule has 1 aliphatic heterocycles. The van der Waals surface area contributed by atoms with Crippen LogP contribution in [-0.4, -0.2) is 61.0 Å². The number of carbonyl (C=O) groups excluding carboxylic acids is 2. The van der Waals surface area contributed by atoms with Crippen LogP contribution >= 0.6 is 0 Å². The minimum atomic E-state index is -0.291. The van der Waals surface area contributed by atoms with Crippen LogP contribution in [0.1, 0.15) is 40.5 Å². The van der Waals surface area contributed by atoms with Gasteiger partial charge in [-0.1, -0.05) is 13.8 Å². The zero-order chi connectivity index (χ0) is 15.8. The molecule has 0 aromatic carbocycles. The third-order valence-electron chi connectivity index (χ3n) is 4.15. The van der Waals surface area contributed by atoms with Crippen molar-refractivity contribution in [2.75, 3.05) is 26.2 Å². The summed E-state index contributed by atoms with van der Waals surface area (Å²) in [5.74, 6) is 0.00628. The molecule has 0 bridgehead atoms. The summed E-state index contributed by atoms with van der Waals surface area (Å²) < 4.78 is 0. The zero-order valence-electron chi connectivity index (χ0n) is 13.7. The Morgan fingerprint density at radius 2 is 1.95 bits per heavy atom. The van der Waals surface area contributed by atoms with E-state index in [2.05, 4.69) is 29.8 Å². The Bertz CT molecular complexity index is 345. The average Bonchev–Trinajstić information content (AvgIpc) is 2.51. The van der Waals surface area contributed by atoms with Crippen molar-refractivity contribution >= 4 is 11.8 Å². The van der Waals surface area contributed by atoms with E-state index in [0.29, 0.717) is 19.6 Å². The molecule has 1 heterocycles. The van der Waals surface area contributed by atoms with Crippen molar-refractivity contribution in [3.8, 4) is 0 Å². The maximum atomic E-state index is 12.4. The molecule has 1 aliphatic rings. The molecule has 1 fully saturated rings. The first-order valence-electron chi connectivity index (χ1n) is 8.09. The number of hydrogen-bond acceptors (Lipinski definition) is 4. The third kappa shape index (κ3) is 4.97. The van der Waals surface area contributed by atoms with Gasteiger partial charge in [0.1, 0.15) is 6.04 Å². The summed E-state index contributed by atoms with van der Waals surface area (Å²) in [6.45, 7) is 10.6. The molecule has 1 saturated heterocycles. The van der Waals surface area contributed by atoms with Crippen molar-refractivity contribution in [1.82, 2.24) is 20.9 Å². The van der Waals surface area contributed by atoms with Gasteiger partial charge in [-0.15, -0.1) is 0 Å². The van der Waals surface area contributed by atoms with Gasteiger partial charge in [0, 0.05) is 32.2 Å². The minimum absolute atomic E-state index is 0.00752. The Hall–Kier alpha value is -1.14. The molecule has 6 nitrogen and oxygen atoms in total. The second kappa shape index (κ2) is 9.00. The Morgan fingerprint density at radius 3 is 2.52 bits per heavy atom. The molecule has 3 N–H and O–H groups in total. The largest absolute Gasteiger partial charge is 0.355 e. The summed E-state index contributed by atoms with van der Waals surface area (Å²) in [5.41, 5.74) is 0. The summed E-state index contributed by atoms with van der Waals surface area (Å²) in [7, 11) is 0. The molecule has 0 spiro atoms. The predicted molar refractivity (Wildman–Crippen MR) is 84.0 cm³/mol. The fraction of sp³-hybridized carbons (Fsp3) is 0.867. The highest BCUT2D eigenvalue weighted by atomic mass is 16.2. The Balaban J connectivity index is 2.69. The first-order valence-corrected chi connectivity index (χ1v) is 8.09. The lowest BCUT2D eigenvalue weighted by molar-refractivity contribution is -0.133. The minimum Gasteiger partial charge on any atom is -0.355 e. The molecule has 6 heteroatoms. The fourth-order valence-electron chi connectivity index (χ4n) is 2.68. The molecule has 0 aliphatic carbocycles. The van der Waals surface area contributed by atoms with Crippen LogP contribution < -0.4 is 16.0 Å². The molecular formula is C15H30N4O2. The van der Waals surface area contributed by atoms with E-state index in [1.165, 1.54) is 0 Å². The number of piperazine rings is 1. The molecule has 0 radical (unpaired) electrons. The number of carbonyl (C=O) groups is 2. The monoisotopic (exact) mass is 298 g/mol. The maximum Gasteiger partial charge on any atom is 0.238 e. The van der Waals surface area contributed by atoms with Crippen LogP contribution in [0, 0.1) is 0 Å². The van der Waals surface area contributed by atoms with Crippen molar-refractivity contribution in [1.29, 1.82) is 0 Å². The van der Waals surface area contributed by atoms with Gasteiger partial charge >= 0.3 is 0 Å². The van der Waals surface area contributed by atoms with E-state index in [-0.39, 0.29) is 29.9 Å². The van der Waals surface area contributed by atoms with Crippen molar-refractivity contribution in [3.63, 3.8) is 0 Å². The molecule has 2 amide bonds. The number of amides is 2. The average molecular weight is 298 g/mol. The van der Waals surface area contributed by atoms with Crippen molar-refractivity contribution in [2.45, 2.75) is 58.7 Å². The van der Waals surface area contributed by atoms with Crippen LogP contribution in [0.5, 0.6) is 0 Å². The van der Waals surface area contributed by atoms with E-state index >= 15 is 0 Å². The van der Waals surface area contributed by atoms with Crippen LogP contribution in [0.3, 0.4) is 0 Å². The standard InChI is InChI=1S/C15H30N4O2/c1-5-12(6-2)18-14(20)11(4)19-9-8-16-10-13(19)15(21)17-7-3/h11-13,16H,5-10H2,1-4H3,(H,17,21)(H,18,20). The normalized spacial score (nSPS) is 21.1. The smallest absolute Gasteiger partial charge is 0.238 e. The maximum absolute atomic E-state index is 12.4. The van der Waals surface area contributed by atoms with Gasteiger partial charge in [-0.05, 0) is 26.7 Å². The van der Waals surface area contributed by atoms with Crippen LogP contribution in [0.4, 0.5) is 0 Å². The molecule has 0 saturated carbocycles.